The summed E-state index contributed by atoms with van der Waals surface area (Å²) in [5.41, 5.74) is 1.67. The molecule has 1 saturated carbocycles. The van der Waals surface area contributed by atoms with E-state index in [0.29, 0.717) is 11.6 Å². The SMILES string of the molecule is CCN(C)/C=N/c1cc(OC)c(O[C@H]2CC[C@@H](C(C)C)CC2)nc1C. The fourth-order valence-corrected chi connectivity index (χ4v) is 3.19. The smallest absolute Gasteiger partial charge is 0.257 e. The Morgan fingerprint density at radius 3 is 2.56 bits per heavy atom. The second kappa shape index (κ2) is 9.07. The van der Waals surface area contributed by atoms with Crippen molar-refractivity contribution < 1.29 is 9.47 Å². The van der Waals surface area contributed by atoms with Gasteiger partial charge in [0.2, 0.25) is 0 Å². The van der Waals surface area contributed by atoms with Crippen molar-refractivity contribution >= 4 is 12.0 Å². The molecule has 1 fully saturated rings. The number of ether oxygens (including phenoxy) is 2. The molecule has 0 saturated heterocycles. The first-order valence-electron chi connectivity index (χ1n) is 9.41. The van der Waals surface area contributed by atoms with Crippen molar-refractivity contribution in [2.75, 3.05) is 20.7 Å². The number of rotatable bonds is 7. The van der Waals surface area contributed by atoms with Crippen molar-refractivity contribution in [1.29, 1.82) is 0 Å². The first kappa shape index (κ1) is 19.5. The summed E-state index contributed by atoms with van der Waals surface area (Å²) in [4.78, 5) is 11.1. The first-order chi connectivity index (χ1) is 11.9. The minimum Gasteiger partial charge on any atom is -0.491 e. The maximum atomic E-state index is 6.19. The lowest BCUT2D eigenvalue weighted by Gasteiger charge is -2.31. The molecule has 0 aromatic carbocycles. The van der Waals surface area contributed by atoms with E-state index in [4.69, 9.17) is 9.47 Å². The van der Waals surface area contributed by atoms with Crippen molar-refractivity contribution in [2.45, 2.75) is 59.5 Å². The molecule has 2 rings (SSSR count). The van der Waals surface area contributed by atoms with Crippen LogP contribution < -0.4 is 9.47 Å². The Hall–Kier alpha value is -1.78. The van der Waals surface area contributed by atoms with Crippen molar-refractivity contribution in [3.05, 3.63) is 11.8 Å². The molecule has 1 aliphatic carbocycles. The van der Waals surface area contributed by atoms with E-state index in [1.165, 1.54) is 12.8 Å². The average molecular weight is 348 g/mol. The minimum atomic E-state index is 0.233. The van der Waals surface area contributed by atoms with E-state index in [1.807, 2.05) is 31.3 Å². The molecule has 5 nitrogen and oxygen atoms in total. The summed E-state index contributed by atoms with van der Waals surface area (Å²) in [6.07, 6.45) is 6.69. The van der Waals surface area contributed by atoms with Crippen LogP contribution in [0.5, 0.6) is 11.6 Å². The lowest BCUT2D eigenvalue weighted by Crippen LogP contribution is -2.26. The van der Waals surface area contributed by atoms with E-state index >= 15 is 0 Å². The topological polar surface area (TPSA) is 47.0 Å². The van der Waals surface area contributed by atoms with E-state index in [2.05, 4.69) is 30.7 Å². The Labute approximate surface area is 152 Å². The van der Waals surface area contributed by atoms with Gasteiger partial charge in [0.15, 0.2) is 5.75 Å². The highest BCUT2D eigenvalue weighted by atomic mass is 16.5. The Morgan fingerprint density at radius 2 is 2.00 bits per heavy atom. The van der Waals surface area contributed by atoms with Gasteiger partial charge in [-0.05, 0) is 51.4 Å². The quantitative estimate of drug-likeness (QED) is 0.534. The van der Waals surface area contributed by atoms with Gasteiger partial charge in [-0.2, -0.15) is 0 Å². The highest BCUT2D eigenvalue weighted by molar-refractivity contribution is 5.63. The van der Waals surface area contributed by atoms with Gasteiger partial charge in [0.1, 0.15) is 6.10 Å². The Kier molecular flexibility index (Phi) is 7.09. The van der Waals surface area contributed by atoms with Gasteiger partial charge in [0.25, 0.3) is 5.88 Å². The van der Waals surface area contributed by atoms with Gasteiger partial charge in [-0.3, -0.25) is 0 Å². The Bertz CT molecular complexity index is 579. The van der Waals surface area contributed by atoms with Gasteiger partial charge in [0.05, 0.1) is 24.8 Å². The second-order valence-corrected chi connectivity index (χ2v) is 7.32. The highest BCUT2D eigenvalue weighted by Crippen LogP contribution is 2.36. The van der Waals surface area contributed by atoms with Crippen LogP contribution in [0.1, 0.15) is 52.1 Å². The molecule has 0 amide bonds. The minimum absolute atomic E-state index is 0.233. The third-order valence-electron chi connectivity index (χ3n) is 5.17. The number of aromatic nitrogens is 1. The molecule has 5 heteroatoms. The zero-order chi connectivity index (χ0) is 18.4. The largest absolute Gasteiger partial charge is 0.491 e. The predicted octanol–water partition coefficient (Wildman–Crippen LogP) is 4.60. The summed E-state index contributed by atoms with van der Waals surface area (Å²) in [5, 5.41) is 0. The number of hydrogen-bond donors (Lipinski definition) is 0. The second-order valence-electron chi connectivity index (χ2n) is 7.32. The molecule has 140 valence electrons. The maximum Gasteiger partial charge on any atom is 0.257 e. The van der Waals surface area contributed by atoms with Crippen LogP contribution in [0.3, 0.4) is 0 Å². The average Bonchev–Trinajstić information content (AvgIpc) is 2.61. The standard InChI is InChI=1S/C20H33N3O2/c1-7-23(5)13-21-18-12-19(24-6)20(22-15(18)4)25-17-10-8-16(9-11-17)14(2)3/h12-14,16-17H,7-11H2,1-6H3/b21-13+/t16-,17+. The first-order valence-corrected chi connectivity index (χ1v) is 9.41. The van der Waals surface area contributed by atoms with Gasteiger partial charge in [-0.1, -0.05) is 13.8 Å². The van der Waals surface area contributed by atoms with Crippen LogP contribution in [-0.2, 0) is 0 Å². The van der Waals surface area contributed by atoms with Gasteiger partial charge in [-0.25, -0.2) is 9.98 Å². The monoisotopic (exact) mass is 347 g/mol. The van der Waals surface area contributed by atoms with Gasteiger partial charge in [-0.15, -0.1) is 0 Å². The Morgan fingerprint density at radius 1 is 1.32 bits per heavy atom. The van der Waals surface area contributed by atoms with E-state index in [-0.39, 0.29) is 6.10 Å². The van der Waals surface area contributed by atoms with E-state index in [1.54, 1.807) is 7.11 Å². The fraction of sp³-hybridized carbons (Fsp3) is 0.700. The maximum absolute atomic E-state index is 6.19. The molecule has 1 aromatic heterocycles. The number of aliphatic imine (C=N–C) groups is 1. The third kappa shape index (κ3) is 5.35. The number of methoxy groups -OCH3 is 1. The number of nitrogens with zero attached hydrogens (tertiary/aromatic N) is 3. The van der Waals surface area contributed by atoms with E-state index < -0.39 is 0 Å². The molecular weight excluding hydrogens is 314 g/mol. The van der Waals surface area contributed by atoms with Gasteiger partial charge < -0.3 is 14.4 Å². The zero-order valence-electron chi connectivity index (χ0n) is 16.6. The predicted molar refractivity (Wildman–Crippen MR) is 103 cm³/mol. The summed E-state index contributed by atoms with van der Waals surface area (Å²) >= 11 is 0. The molecule has 25 heavy (non-hydrogen) atoms. The molecular formula is C20H33N3O2. The number of hydrogen-bond acceptors (Lipinski definition) is 4. The third-order valence-corrected chi connectivity index (χ3v) is 5.17. The molecule has 1 aromatic rings. The summed E-state index contributed by atoms with van der Waals surface area (Å²) in [6.45, 7) is 9.58. The lowest BCUT2D eigenvalue weighted by atomic mass is 9.80. The molecule has 0 bridgehead atoms. The molecule has 0 N–H and O–H groups in total. The normalized spacial score (nSPS) is 20.9. The fourth-order valence-electron chi connectivity index (χ4n) is 3.19. The highest BCUT2D eigenvalue weighted by Gasteiger charge is 2.25. The van der Waals surface area contributed by atoms with Gasteiger partial charge in [0, 0.05) is 19.7 Å². The van der Waals surface area contributed by atoms with Crippen molar-refractivity contribution in [3.8, 4) is 11.6 Å². The summed E-state index contributed by atoms with van der Waals surface area (Å²) in [5.74, 6) is 2.83. The Balaban J connectivity index is 2.08. The number of aryl methyl sites for hydroxylation is 1. The van der Waals surface area contributed by atoms with E-state index in [0.717, 1.165) is 42.6 Å². The van der Waals surface area contributed by atoms with Crippen LogP contribution in [0.4, 0.5) is 5.69 Å². The molecule has 0 atom stereocenters. The van der Waals surface area contributed by atoms with Gasteiger partial charge >= 0.3 is 0 Å². The van der Waals surface area contributed by atoms with Crippen LogP contribution in [0, 0.1) is 18.8 Å². The molecule has 0 radical (unpaired) electrons. The van der Waals surface area contributed by atoms with Crippen LogP contribution in [0.2, 0.25) is 0 Å². The van der Waals surface area contributed by atoms with Crippen LogP contribution in [0.15, 0.2) is 11.1 Å². The van der Waals surface area contributed by atoms with Crippen LogP contribution in [-0.4, -0.2) is 43.0 Å². The summed E-state index contributed by atoms with van der Waals surface area (Å²) in [6, 6.07) is 1.91. The summed E-state index contributed by atoms with van der Waals surface area (Å²) in [7, 11) is 3.65. The van der Waals surface area contributed by atoms with Crippen LogP contribution in [0.25, 0.3) is 0 Å². The van der Waals surface area contributed by atoms with Crippen LogP contribution >= 0.6 is 0 Å². The molecule has 1 heterocycles. The molecule has 0 spiro atoms. The number of pyridine rings is 1. The van der Waals surface area contributed by atoms with Crippen molar-refractivity contribution in [1.82, 2.24) is 9.88 Å². The molecule has 0 aliphatic heterocycles. The van der Waals surface area contributed by atoms with Crippen molar-refractivity contribution in [3.63, 3.8) is 0 Å². The molecule has 0 unspecified atom stereocenters. The lowest BCUT2D eigenvalue weighted by molar-refractivity contribution is 0.108. The zero-order valence-corrected chi connectivity index (χ0v) is 16.6. The summed E-state index contributed by atoms with van der Waals surface area (Å²) < 4.78 is 11.7. The van der Waals surface area contributed by atoms with E-state index in [9.17, 15) is 0 Å². The molecule has 1 aliphatic rings. The van der Waals surface area contributed by atoms with Crippen molar-refractivity contribution in [2.24, 2.45) is 16.8 Å².